The molecule has 1 aliphatic heterocycles. The summed E-state index contributed by atoms with van der Waals surface area (Å²) in [6.07, 6.45) is 2.05. The van der Waals surface area contributed by atoms with E-state index in [1.807, 2.05) is 73.6 Å². The highest BCUT2D eigenvalue weighted by atomic mass is 35.5. The first-order valence-electron chi connectivity index (χ1n) is 13.1. The molecule has 3 aromatic carbocycles. The van der Waals surface area contributed by atoms with Gasteiger partial charge in [-0.2, -0.15) is 0 Å². The van der Waals surface area contributed by atoms with Gasteiger partial charge >= 0.3 is 0 Å². The van der Waals surface area contributed by atoms with Crippen LogP contribution in [0, 0.1) is 0 Å². The maximum absolute atomic E-state index is 13.7. The Morgan fingerprint density at radius 1 is 1.05 bits per heavy atom. The Hall–Kier alpha value is -3.22. The highest BCUT2D eigenvalue weighted by Crippen LogP contribution is 2.44. The largest absolute Gasteiger partial charge is 0.497 e. The molecule has 3 aromatic rings. The molecule has 0 saturated carbocycles. The minimum atomic E-state index is -0.348. The molecule has 4 rings (SSSR count). The molecule has 0 bridgehead atoms. The van der Waals surface area contributed by atoms with Crippen molar-refractivity contribution >= 4 is 23.2 Å². The maximum atomic E-state index is 13.7. The molecule has 0 aliphatic carbocycles. The highest BCUT2D eigenvalue weighted by molar-refractivity contribution is 6.30. The third-order valence-electron chi connectivity index (χ3n) is 6.82. The van der Waals surface area contributed by atoms with Crippen molar-refractivity contribution in [2.45, 2.75) is 45.3 Å². The second kappa shape index (κ2) is 12.5. The number of carbonyl (C=O) groups excluding carboxylic acids is 1. The smallest absolute Gasteiger partial charge is 0.232 e. The molecule has 6 nitrogen and oxygen atoms in total. The van der Waals surface area contributed by atoms with Gasteiger partial charge < -0.3 is 24.0 Å². The van der Waals surface area contributed by atoms with Gasteiger partial charge in [0, 0.05) is 17.3 Å². The van der Waals surface area contributed by atoms with Crippen LogP contribution in [0.25, 0.3) is 0 Å². The van der Waals surface area contributed by atoms with Gasteiger partial charge in [-0.1, -0.05) is 30.7 Å². The van der Waals surface area contributed by atoms with Crippen molar-refractivity contribution in [1.82, 2.24) is 4.90 Å². The molecule has 0 fully saturated rings. The van der Waals surface area contributed by atoms with E-state index in [1.54, 1.807) is 7.11 Å². The van der Waals surface area contributed by atoms with Crippen LogP contribution in [-0.2, 0) is 11.2 Å². The average Bonchev–Trinajstić information content (AvgIpc) is 2.91. The van der Waals surface area contributed by atoms with E-state index in [2.05, 4.69) is 24.8 Å². The number of rotatable bonds is 11. The first-order valence-corrected chi connectivity index (χ1v) is 13.5. The normalized spacial score (nSPS) is 15.8. The topological polar surface area (TPSA) is 51.2 Å². The quantitative estimate of drug-likeness (QED) is 0.261. The number of halogens is 1. The molecule has 2 atom stereocenters. The SMILES string of the molecule is CC[C@@H](C)Oc1cc2c(cc1OCCCN(C)C)CC(=O)N(c1ccc(OC)cc1)C2c1ccc(Cl)cc1. The standard InChI is InChI=1S/C31H37ClN2O4/c1-6-21(2)38-29-20-27-23(18-28(29)37-17-7-16-33(3)4)19-30(35)34(25-12-14-26(36-5)15-13-25)31(27)22-8-10-24(32)11-9-22/h8-15,18,20-21,31H,6-7,16-17,19H2,1-5H3/t21-,31?/m1/s1. The summed E-state index contributed by atoms with van der Waals surface area (Å²) >= 11 is 6.23. The fourth-order valence-electron chi connectivity index (χ4n) is 4.63. The van der Waals surface area contributed by atoms with Crippen LogP contribution in [-0.4, -0.2) is 51.3 Å². The zero-order valence-corrected chi connectivity index (χ0v) is 23.6. The minimum absolute atomic E-state index is 0.0109. The molecule has 202 valence electrons. The lowest BCUT2D eigenvalue weighted by atomic mass is 9.86. The van der Waals surface area contributed by atoms with E-state index in [0.717, 1.165) is 47.5 Å². The number of nitrogens with zero attached hydrogens (tertiary/aromatic N) is 2. The first-order chi connectivity index (χ1) is 18.3. The van der Waals surface area contributed by atoms with Crippen LogP contribution in [0.1, 0.15) is 49.4 Å². The third-order valence-corrected chi connectivity index (χ3v) is 7.07. The molecular weight excluding hydrogens is 500 g/mol. The van der Waals surface area contributed by atoms with Crippen molar-refractivity contribution < 1.29 is 19.0 Å². The fraction of sp³-hybridized carbons (Fsp3) is 0.387. The predicted molar refractivity (Wildman–Crippen MR) is 153 cm³/mol. The van der Waals surface area contributed by atoms with Gasteiger partial charge in [-0.25, -0.2) is 0 Å². The Morgan fingerprint density at radius 3 is 2.39 bits per heavy atom. The maximum Gasteiger partial charge on any atom is 0.232 e. The molecule has 7 heteroatoms. The second-order valence-electron chi connectivity index (χ2n) is 9.93. The Bertz CT molecular complexity index is 1230. The van der Waals surface area contributed by atoms with Crippen LogP contribution in [0.4, 0.5) is 5.69 Å². The van der Waals surface area contributed by atoms with Crippen LogP contribution in [0.3, 0.4) is 0 Å². The number of fused-ring (bicyclic) bond motifs is 1. The molecule has 38 heavy (non-hydrogen) atoms. The summed E-state index contributed by atoms with van der Waals surface area (Å²) in [6, 6.07) is 19.0. The average molecular weight is 537 g/mol. The van der Waals surface area contributed by atoms with Crippen LogP contribution < -0.4 is 19.1 Å². The number of ether oxygens (including phenoxy) is 3. The molecule has 1 aliphatic rings. The Balaban J connectivity index is 1.80. The van der Waals surface area contributed by atoms with E-state index in [9.17, 15) is 4.79 Å². The van der Waals surface area contributed by atoms with Gasteiger partial charge in [-0.3, -0.25) is 4.79 Å². The van der Waals surface area contributed by atoms with Gasteiger partial charge in [0.05, 0.1) is 32.3 Å². The number of hydrogen-bond donors (Lipinski definition) is 0. The van der Waals surface area contributed by atoms with Crippen molar-refractivity contribution in [3.8, 4) is 17.2 Å². The summed E-state index contributed by atoms with van der Waals surface area (Å²) in [4.78, 5) is 17.7. The first kappa shape index (κ1) is 27.8. The summed E-state index contributed by atoms with van der Waals surface area (Å²) in [5.41, 5.74) is 3.73. The monoisotopic (exact) mass is 536 g/mol. The third kappa shape index (κ3) is 6.43. The number of amides is 1. The Kier molecular flexibility index (Phi) is 9.18. The molecular formula is C31H37ClN2O4. The predicted octanol–water partition coefficient (Wildman–Crippen LogP) is 6.54. The number of methoxy groups -OCH3 is 1. The number of anilines is 1. The lowest BCUT2D eigenvalue weighted by Crippen LogP contribution is -2.41. The summed E-state index contributed by atoms with van der Waals surface area (Å²) in [5.74, 6) is 2.13. The number of hydrogen-bond acceptors (Lipinski definition) is 5. The van der Waals surface area contributed by atoms with Crippen LogP contribution in [0.5, 0.6) is 17.2 Å². The van der Waals surface area contributed by atoms with Crippen molar-refractivity contribution in [2.75, 3.05) is 39.3 Å². The summed E-state index contributed by atoms with van der Waals surface area (Å²) in [5, 5.41) is 0.648. The molecule has 0 radical (unpaired) electrons. The summed E-state index contributed by atoms with van der Waals surface area (Å²) in [6.45, 7) is 5.65. The molecule has 1 amide bonds. The minimum Gasteiger partial charge on any atom is -0.497 e. The van der Waals surface area contributed by atoms with Gasteiger partial charge in [0.2, 0.25) is 5.91 Å². The lowest BCUT2D eigenvalue weighted by Gasteiger charge is -2.38. The van der Waals surface area contributed by atoms with Gasteiger partial charge in [0.1, 0.15) is 5.75 Å². The van der Waals surface area contributed by atoms with Gasteiger partial charge in [0.15, 0.2) is 11.5 Å². The summed E-state index contributed by atoms with van der Waals surface area (Å²) < 4.78 is 17.9. The van der Waals surface area contributed by atoms with E-state index >= 15 is 0 Å². The van der Waals surface area contributed by atoms with E-state index in [-0.39, 0.29) is 24.5 Å². The van der Waals surface area contributed by atoms with Gasteiger partial charge in [-0.05, 0) is 99.1 Å². The Morgan fingerprint density at radius 2 is 1.76 bits per heavy atom. The summed E-state index contributed by atoms with van der Waals surface area (Å²) in [7, 11) is 5.73. The van der Waals surface area contributed by atoms with Crippen LogP contribution in [0.15, 0.2) is 60.7 Å². The van der Waals surface area contributed by atoms with Crippen LogP contribution >= 0.6 is 11.6 Å². The zero-order chi connectivity index (χ0) is 27.2. The van der Waals surface area contributed by atoms with E-state index in [1.165, 1.54) is 0 Å². The molecule has 0 spiro atoms. The second-order valence-corrected chi connectivity index (χ2v) is 10.4. The highest BCUT2D eigenvalue weighted by Gasteiger charge is 2.36. The van der Waals surface area contributed by atoms with E-state index in [0.29, 0.717) is 23.1 Å². The van der Waals surface area contributed by atoms with Crippen molar-refractivity contribution in [1.29, 1.82) is 0 Å². The number of benzene rings is 3. The molecule has 1 unspecified atom stereocenters. The molecule has 1 heterocycles. The molecule has 0 N–H and O–H groups in total. The number of carbonyl (C=O) groups is 1. The van der Waals surface area contributed by atoms with Crippen molar-refractivity contribution in [2.24, 2.45) is 0 Å². The van der Waals surface area contributed by atoms with Crippen molar-refractivity contribution in [3.05, 3.63) is 82.4 Å². The van der Waals surface area contributed by atoms with E-state index < -0.39 is 0 Å². The van der Waals surface area contributed by atoms with Crippen molar-refractivity contribution in [3.63, 3.8) is 0 Å². The zero-order valence-electron chi connectivity index (χ0n) is 22.9. The Labute approximate surface area is 231 Å². The van der Waals surface area contributed by atoms with Crippen LogP contribution in [0.2, 0.25) is 5.02 Å². The molecule has 0 saturated heterocycles. The van der Waals surface area contributed by atoms with Gasteiger partial charge in [0.25, 0.3) is 0 Å². The van der Waals surface area contributed by atoms with E-state index in [4.69, 9.17) is 25.8 Å². The van der Waals surface area contributed by atoms with Gasteiger partial charge in [-0.15, -0.1) is 0 Å². The molecule has 0 aromatic heterocycles. The lowest BCUT2D eigenvalue weighted by molar-refractivity contribution is -0.118. The fourth-order valence-corrected chi connectivity index (χ4v) is 4.76.